The van der Waals surface area contributed by atoms with Crippen LogP contribution in [0.2, 0.25) is 0 Å². The van der Waals surface area contributed by atoms with Crippen LogP contribution in [-0.2, 0) is 4.79 Å². The molecule has 1 aliphatic rings. The molecule has 1 fully saturated rings. The third kappa shape index (κ3) is 4.80. The summed E-state index contributed by atoms with van der Waals surface area (Å²) in [6.45, 7) is 9.01. The van der Waals surface area contributed by atoms with Gasteiger partial charge < -0.3 is 25.2 Å². The normalized spacial score (nSPS) is 14.4. The first-order valence-corrected chi connectivity index (χ1v) is 9.63. The zero-order chi connectivity index (χ0) is 20.8. The second-order valence-corrected chi connectivity index (χ2v) is 6.97. The number of carboxylic acid groups (broad SMARTS) is 1. The molecule has 154 valence electrons. The predicted molar refractivity (Wildman–Crippen MR) is 114 cm³/mol. The average molecular weight is 397 g/mol. The van der Waals surface area contributed by atoms with Crippen molar-refractivity contribution in [3.8, 4) is 11.4 Å². The highest BCUT2D eigenvalue weighted by atomic mass is 16.3. The van der Waals surface area contributed by atoms with E-state index in [1.54, 1.807) is 12.4 Å². The molecule has 2 aromatic heterocycles. The number of carbonyl (C=O) groups is 1. The number of piperazine rings is 1. The maximum Gasteiger partial charge on any atom is 0.290 e. The number of hydrogen-bond acceptors (Lipinski definition) is 7. The fraction of sp³-hybridized carbons (Fsp3) is 0.400. The molecule has 1 aliphatic heterocycles. The number of nitrogens with zero attached hydrogens (tertiary/aromatic N) is 5. The van der Waals surface area contributed by atoms with E-state index in [-0.39, 0.29) is 6.47 Å². The Balaban J connectivity index is 0.000000755. The van der Waals surface area contributed by atoms with Crippen LogP contribution in [0.3, 0.4) is 0 Å². The van der Waals surface area contributed by atoms with Crippen LogP contribution in [-0.4, -0.2) is 76.2 Å². The molecule has 0 atom stereocenters. The van der Waals surface area contributed by atoms with Gasteiger partial charge in [-0.15, -0.1) is 0 Å². The number of imidazole rings is 1. The van der Waals surface area contributed by atoms with Gasteiger partial charge in [0.05, 0.1) is 16.6 Å². The van der Waals surface area contributed by atoms with Crippen molar-refractivity contribution < 1.29 is 9.90 Å². The molecular formula is C20H27N7O2. The molecule has 9 nitrogen and oxygen atoms in total. The molecule has 9 heteroatoms. The number of aryl methyl sites for hydroxylation is 1. The molecule has 0 amide bonds. The quantitative estimate of drug-likeness (QED) is 0.575. The number of aromatic amines is 1. The average Bonchev–Trinajstić information content (AvgIpc) is 3.15. The highest BCUT2D eigenvalue weighted by Gasteiger charge is 2.17. The summed E-state index contributed by atoms with van der Waals surface area (Å²) in [5, 5.41) is 10.00. The summed E-state index contributed by atoms with van der Waals surface area (Å²) in [7, 11) is 2.18. The second kappa shape index (κ2) is 9.33. The van der Waals surface area contributed by atoms with E-state index in [4.69, 9.17) is 14.9 Å². The summed E-state index contributed by atoms with van der Waals surface area (Å²) in [5.41, 5.74) is 5.41. The Bertz CT molecular complexity index is 947. The first-order valence-electron chi connectivity index (χ1n) is 9.63. The van der Waals surface area contributed by atoms with E-state index in [0.29, 0.717) is 5.95 Å². The highest BCUT2D eigenvalue weighted by Crippen LogP contribution is 2.28. The third-order valence-electron chi connectivity index (χ3n) is 4.89. The van der Waals surface area contributed by atoms with Crippen molar-refractivity contribution in [3.63, 3.8) is 0 Å². The van der Waals surface area contributed by atoms with Crippen molar-refractivity contribution in [2.45, 2.75) is 13.8 Å². The maximum absolute atomic E-state index is 8.36. The topological polar surface area (TPSA) is 110 Å². The van der Waals surface area contributed by atoms with Crippen LogP contribution in [0.15, 0.2) is 24.5 Å². The Kier molecular flexibility index (Phi) is 6.61. The molecule has 0 unspecified atom stereocenters. The number of fused-ring (bicyclic) bond motifs is 1. The van der Waals surface area contributed by atoms with Crippen LogP contribution < -0.4 is 10.2 Å². The molecule has 3 heterocycles. The third-order valence-corrected chi connectivity index (χ3v) is 4.89. The van der Waals surface area contributed by atoms with E-state index >= 15 is 0 Å². The summed E-state index contributed by atoms with van der Waals surface area (Å²) in [6, 6.07) is 4.45. The van der Waals surface area contributed by atoms with Gasteiger partial charge in [0.15, 0.2) is 0 Å². The molecule has 4 rings (SSSR count). The van der Waals surface area contributed by atoms with E-state index in [9.17, 15) is 0 Å². The molecule has 0 radical (unpaired) electrons. The molecular weight excluding hydrogens is 370 g/mol. The lowest BCUT2D eigenvalue weighted by atomic mass is 10.1. The van der Waals surface area contributed by atoms with Crippen LogP contribution >= 0.6 is 0 Å². The number of rotatable bonds is 4. The lowest BCUT2D eigenvalue weighted by Gasteiger charge is -2.34. The van der Waals surface area contributed by atoms with Gasteiger partial charge in [-0.2, -0.15) is 0 Å². The van der Waals surface area contributed by atoms with E-state index < -0.39 is 0 Å². The van der Waals surface area contributed by atoms with Crippen molar-refractivity contribution in [2.24, 2.45) is 0 Å². The van der Waals surface area contributed by atoms with Gasteiger partial charge in [0, 0.05) is 50.8 Å². The van der Waals surface area contributed by atoms with Gasteiger partial charge in [-0.25, -0.2) is 15.0 Å². The Morgan fingerprint density at radius 2 is 1.86 bits per heavy atom. The highest BCUT2D eigenvalue weighted by molar-refractivity contribution is 5.85. The Labute approximate surface area is 169 Å². The van der Waals surface area contributed by atoms with Crippen LogP contribution in [0.1, 0.15) is 12.5 Å². The molecule has 0 saturated carbocycles. The molecule has 3 aromatic rings. The van der Waals surface area contributed by atoms with Crippen LogP contribution in [0.25, 0.3) is 22.4 Å². The van der Waals surface area contributed by atoms with Crippen LogP contribution in [0.5, 0.6) is 0 Å². The van der Waals surface area contributed by atoms with Gasteiger partial charge in [-0.1, -0.05) is 0 Å². The van der Waals surface area contributed by atoms with Crippen molar-refractivity contribution in [3.05, 3.63) is 30.1 Å². The molecule has 1 saturated heterocycles. The number of nitrogens with one attached hydrogen (secondary N) is 2. The van der Waals surface area contributed by atoms with Gasteiger partial charge in [-0.05, 0) is 38.6 Å². The molecule has 1 aromatic carbocycles. The number of hydrogen-bond donors (Lipinski definition) is 3. The Morgan fingerprint density at radius 3 is 2.48 bits per heavy atom. The smallest absolute Gasteiger partial charge is 0.290 e. The first kappa shape index (κ1) is 20.5. The van der Waals surface area contributed by atoms with Crippen LogP contribution in [0, 0.1) is 6.92 Å². The van der Waals surface area contributed by atoms with Crippen molar-refractivity contribution >= 4 is 29.1 Å². The summed E-state index contributed by atoms with van der Waals surface area (Å²) < 4.78 is 0. The lowest BCUT2D eigenvalue weighted by Crippen LogP contribution is -2.44. The number of anilines is 2. The molecule has 29 heavy (non-hydrogen) atoms. The van der Waals surface area contributed by atoms with Crippen molar-refractivity contribution in [1.82, 2.24) is 24.8 Å². The number of likely N-dealkylation sites (N-methyl/N-ethyl adjacent to an activating group) is 1. The predicted octanol–water partition coefficient (Wildman–Crippen LogP) is 2.21. The summed E-state index contributed by atoms with van der Waals surface area (Å²) in [4.78, 5) is 30.1. The monoisotopic (exact) mass is 397 g/mol. The number of aromatic nitrogens is 4. The minimum atomic E-state index is -0.250. The molecule has 0 spiro atoms. The summed E-state index contributed by atoms with van der Waals surface area (Å²) in [6.07, 6.45) is 3.61. The fourth-order valence-electron chi connectivity index (χ4n) is 3.36. The van der Waals surface area contributed by atoms with E-state index in [1.165, 1.54) is 11.3 Å². The van der Waals surface area contributed by atoms with E-state index in [0.717, 1.165) is 55.1 Å². The van der Waals surface area contributed by atoms with Gasteiger partial charge in [-0.3, -0.25) is 4.79 Å². The second-order valence-electron chi connectivity index (χ2n) is 6.97. The van der Waals surface area contributed by atoms with Gasteiger partial charge in [0.25, 0.3) is 6.47 Å². The van der Waals surface area contributed by atoms with Gasteiger partial charge in [0.2, 0.25) is 5.95 Å². The van der Waals surface area contributed by atoms with Gasteiger partial charge >= 0.3 is 0 Å². The minimum absolute atomic E-state index is 0.250. The first-order chi connectivity index (χ1) is 14.0. The Morgan fingerprint density at radius 1 is 1.21 bits per heavy atom. The van der Waals surface area contributed by atoms with E-state index in [2.05, 4.69) is 56.2 Å². The van der Waals surface area contributed by atoms with Crippen LogP contribution in [0.4, 0.5) is 11.6 Å². The zero-order valence-corrected chi connectivity index (χ0v) is 17.0. The molecule has 3 N–H and O–H groups in total. The SMILES string of the molecule is CCNc1ncc(-c2nc3c(C)cc(N4CCN(C)CC4)cc3[nH]2)cn1.O=CO. The van der Waals surface area contributed by atoms with Crippen molar-refractivity contribution in [2.75, 3.05) is 50.0 Å². The number of benzene rings is 1. The zero-order valence-electron chi connectivity index (χ0n) is 17.0. The number of H-pyrrole nitrogens is 1. The lowest BCUT2D eigenvalue weighted by molar-refractivity contribution is -0.122. The summed E-state index contributed by atoms with van der Waals surface area (Å²) >= 11 is 0. The summed E-state index contributed by atoms with van der Waals surface area (Å²) in [5.74, 6) is 1.45. The molecule has 0 bridgehead atoms. The minimum Gasteiger partial charge on any atom is -0.483 e. The standard InChI is InChI=1S/C19H25N7.CH2O2/c1-4-20-19-21-11-14(12-22-19)18-23-16-10-15(9-13(2)17(16)24-18)26-7-5-25(3)6-8-26;2-1-3/h9-12H,4-8H2,1-3H3,(H,23,24)(H,20,21,22);1H,(H,2,3). The van der Waals surface area contributed by atoms with Gasteiger partial charge in [0.1, 0.15) is 5.82 Å². The largest absolute Gasteiger partial charge is 0.483 e. The Hall–Kier alpha value is -3.20. The molecule has 0 aliphatic carbocycles. The van der Waals surface area contributed by atoms with Crippen molar-refractivity contribution in [1.29, 1.82) is 0 Å². The fourth-order valence-corrected chi connectivity index (χ4v) is 3.36. The van der Waals surface area contributed by atoms with E-state index in [1.807, 2.05) is 6.92 Å². The maximum atomic E-state index is 8.36.